The van der Waals surface area contributed by atoms with Crippen LogP contribution >= 0.6 is 0 Å². The molecule has 0 unspecified atom stereocenters. The number of ether oxygens (including phenoxy) is 1. The number of benzene rings is 2. The molecule has 130 valence electrons. The first-order chi connectivity index (χ1) is 12.0. The molecule has 2 aliphatic heterocycles. The molecule has 0 radical (unpaired) electrons. The van der Waals surface area contributed by atoms with Crippen LogP contribution in [-0.4, -0.2) is 48.1 Å². The highest BCUT2D eigenvalue weighted by Gasteiger charge is 2.44. The molecule has 3 atom stereocenters. The van der Waals surface area contributed by atoms with Crippen LogP contribution < -0.4 is 4.90 Å². The maximum atomic E-state index is 13.1. The zero-order valence-electron chi connectivity index (χ0n) is 14.5. The molecular formula is C20H22N2O3. The van der Waals surface area contributed by atoms with E-state index in [-0.39, 0.29) is 36.5 Å². The van der Waals surface area contributed by atoms with Gasteiger partial charge in [0.2, 0.25) is 5.91 Å². The monoisotopic (exact) mass is 338 g/mol. The van der Waals surface area contributed by atoms with Crippen molar-refractivity contribution in [3.05, 3.63) is 42.5 Å². The molecule has 2 aromatic rings. The lowest BCUT2D eigenvalue weighted by Crippen LogP contribution is -2.52. The standard InChI is InChI=1S/C20H22N2O3/c1-13-11-21(12-14(2)25-13)18-10-19(23)22(20(18)24)17-9-5-7-15-6-3-4-8-16(15)17/h3-9,13-14,18H,10-12H2,1-2H3/t13-,14-,18+/m1/s1. The summed E-state index contributed by atoms with van der Waals surface area (Å²) in [6.45, 7) is 5.37. The Morgan fingerprint density at radius 3 is 2.40 bits per heavy atom. The van der Waals surface area contributed by atoms with Crippen molar-refractivity contribution in [1.82, 2.24) is 4.90 Å². The quantitative estimate of drug-likeness (QED) is 0.790. The van der Waals surface area contributed by atoms with Crippen LogP contribution in [0.15, 0.2) is 42.5 Å². The second-order valence-corrected chi connectivity index (χ2v) is 7.00. The molecule has 0 aromatic heterocycles. The van der Waals surface area contributed by atoms with Gasteiger partial charge in [0.15, 0.2) is 0 Å². The van der Waals surface area contributed by atoms with Crippen LogP contribution in [0.2, 0.25) is 0 Å². The number of fused-ring (bicyclic) bond motifs is 1. The Labute approximate surface area is 147 Å². The van der Waals surface area contributed by atoms with Crippen LogP contribution in [0.4, 0.5) is 5.69 Å². The molecule has 2 heterocycles. The number of morpholine rings is 1. The minimum Gasteiger partial charge on any atom is -0.373 e. The maximum absolute atomic E-state index is 13.1. The van der Waals surface area contributed by atoms with E-state index in [9.17, 15) is 9.59 Å². The molecule has 2 saturated heterocycles. The van der Waals surface area contributed by atoms with Crippen molar-refractivity contribution in [3.8, 4) is 0 Å². The molecule has 0 saturated carbocycles. The molecule has 2 fully saturated rings. The average Bonchev–Trinajstić information content (AvgIpc) is 2.88. The maximum Gasteiger partial charge on any atom is 0.251 e. The minimum absolute atomic E-state index is 0.0678. The Kier molecular flexibility index (Phi) is 4.06. The molecule has 5 heteroatoms. The summed E-state index contributed by atoms with van der Waals surface area (Å²) in [5, 5.41) is 1.95. The molecule has 25 heavy (non-hydrogen) atoms. The van der Waals surface area contributed by atoms with Gasteiger partial charge in [-0.25, -0.2) is 4.90 Å². The molecule has 0 bridgehead atoms. The van der Waals surface area contributed by atoms with Gasteiger partial charge in [0, 0.05) is 18.5 Å². The summed E-state index contributed by atoms with van der Waals surface area (Å²) < 4.78 is 5.76. The van der Waals surface area contributed by atoms with Gasteiger partial charge < -0.3 is 4.74 Å². The van der Waals surface area contributed by atoms with E-state index in [1.807, 2.05) is 56.3 Å². The second kappa shape index (κ2) is 6.24. The lowest BCUT2D eigenvalue weighted by Gasteiger charge is -2.37. The zero-order valence-corrected chi connectivity index (χ0v) is 14.5. The Bertz CT molecular complexity index is 819. The third-order valence-corrected chi connectivity index (χ3v) is 5.02. The van der Waals surface area contributed by atoms with E-state index in [2.05, 4.69) is 4.90 Å². The molecule has 4 rings (SSSR count). The van der Waals surface area contributed by atoms with Crippen molar-refractivity contribution in [3.63, 3.8) is 0 Å². The highest BCUT2D eigenvalue weighted by atomic mass is 16.5. The molecule has 2 aliphatic rings. The first-order valence-electron chi connectivity index (χ1n) is 8.78. The van der Waals surface area contributed by atoms with E-state index in [1.54, 1.807) is 0 Å². The van der Waals surface area contributed by atoms with Crippen LogP contribution in [-0.2, 0) is 14.3 Å². The van der Waals surface area contributed by atoms with Gasteiger partial charge in [-0.05, 0) is 25.3 Å². The van der Waals surface area contributed by atoms with Gasteiger partial charge in [-0.3, -0.25) is 14.5 Å². The fraction of sp³-hybridized carbons (Fsp3) is 0.400. The van der Waals surface area contributed by atoms with Gasteiger partial charge in [0.1, 0.15) is 0 Å². The molecule has 0 N–H and O–H groups in total. The normalized spacial score (nSPS) is 28.1. The number of hydrogen-bond donors (Lipinski definition) is 0. The first-order valence-corrected chi connectivity index (χ1v) is 8.78. The number of hydrogen-bond acceptors (Lipinski definition) is 4. The van der Waals surface area contributed by atoms with Gasteiger partial charge in [-0.1, -0.05) is 36.4 Å². The van der Waals surface area contributed by atoms with E-state index in [1.165, 1.54) is 4.90 Å². The number of amides is 2. The summed E-state index contributed by atoms with van der Waals surface area (Å²) in [6, 6.07) is 13.2. The summed E-state index contributed by atoms with van der Waals surface area (Å²) in [7, 11) is 0. The number of nitrogens with zero attached hydrogens (tertiary/aromatic N) is 2. The number of carbonyl (C=O) groups excluding carboxylic acids is 2. The minimum atomic E-state index is -0.389. The molecule has 2 aromatic carbocycles. The van der Waals surface area contributed by atoms with Gasteiger partial charge >= 0.3 is 0 Å². The molecular weight excluding hydrogens is 316 g/mol. The third-order valence-electron chi connectivity index (χ3n) is 5.02. The molecule has 0 aliphatic carbocycles. The number of imide groups is 1. The Balaban J connectivity index is 1.67. The van der Waals surface area contributed by atoms with Gasteiger partial charge in [0.25, 0.3) is 5.91 Å². The third kappa shape index (κ3) is 2.83. The Hall–Kier alpha value is -2.24. The van der Waals surface area contributed by atoms with Crippen molar-refractivity contribution >= 4 is 28.3 Å². The second-order valence-electron chi connectivity index (χ2n) is 7.00. The lowest BCUT2D eigenvalue weighted by atomic mass is 10.1. The molecule has 2 amide bonds. The van der Waals surface area contributed by atoms with Crippen molar-refractivity contribution in [2.45, 2.75) is 38.5 Å². The lowest BCUT2D eigenvalue weighted by molar-refractivity contribution is -0.127. The average molecular weight is 338 g/mol. The van der Waals surface area contributed by atoms with Crippen LogP contribution in [0.1, 0.15) is 20.3 Å². The van der Waals surface area contributed by atoms with Crippen LogP contribution in [0.5, 0.6) is 0 Å². The number of rotatable bonds is 2. The van der Waals surface area contributed by atoms with Crippen molar-refractivity contribution in [1.29, 1.82) is 0 Å². The highest BCUT2D eigenvalue weighted by Crippen LogP contribution is 2.32. The van der Waals surface area contributed by atoms with E-state index >= 15 is 0 Å². The van der Waals surface area contributed by atoms with Gasteiger partial charge in [-0.15, -0.1) is 0 Å². The predicted octanol–water partition coefficient (Wildman–Crippen LogP) is 2.58. The SMILES string of the molecule is C[C@@H]1CN([C@H]2CC(=O)N(c3cccc4ccccc34)C2=O)C[C@@H](C)O1. The fourth-order valence-electron chi connectivity index (χ4n) is 4.03. The topological polar surface area (TPSA) is 49.9 Å². The highest BCUT2D eigenvalue weighted by molar-refractivity contribution is 6.25. The summed E-state index contributed by atoms with van der Waals surface area (Å²) in [4.78, 5) is 29.3. The van der Waals surface area contributed by atoms with Crippen LogP contribution in [0.3, 0.4) is 0 Å². The summed E-state index contributed by atoms with van der Waals surface area (Å²) >= 11 is 0. The van der Waals surface area contributed by atoms with Crippen LogP contribution in [0, 0.1) is 0 Å². The van der Waals surface area contributed by atoms with Crippen molar-refractivity contribution in [2.75, 3.05) is 18.0 Å². The smallest absolute Gasteiger partial charge is 0.251 e. The largest absolute Gasteiger partial charge is 0.373 e. The number of anilines is 1. The zero-order chi connectivity index (χ0) is 17.6. The fourth-order valence-corrected chi connectivity index (χ4v) is 4.03. The van der Waals surface area contributed by atoms with Gasteiger partial charge in [-0.2, -0.15) is 0 Å². The molecule has 5 nitrogen and oxygen atoms in total. The van der Waals surface area contributed by atoms with E-state index < -0.39 is 0 Å². The Morgan fingerprint density at radius 2 is 1.64 bits per heavy atom. The van der Waals surface area contributed by atoms with E-state index in [0.717, 1.165) is 10.8 Å². The van der Waals surface area contributed by atoms with Crippen LogP contribution in [0.25, 0.3) is 10.8 Å². The van der Waals surface area contributed by atoms with Gasteiger partial charge in [0.05, 0.1) is 30.4 Å². The van der Waals surface area contributed by atoms with E-state index in [0.29, 0.717) is 18.8 Å². The van der Waals surface area contributed by atoms with Crippen molar-refractivity contribution in [2.24, 2.45) is 0 Å². The van der Waals surface area contributed by atoms with Crippen molar-refractivity contribution < 1.29 is 14.3 Å². The predicted molar refractivity (Wildman–Crippen MR) is 96.4 cm³/mol. The van der Waals surface area contributed by atoms with E-state index in [4.69, 9.17) is 4.74 Å². The first kappa shape index (κ1) is 16.2. The molecule has 0 spiro atoms. The number of carbonyl (C=O) groups is 2. The Morgan fingerprint density at radius 1 is 0.960 bits per heavy atom. The summed E-state index contributed by atoms with van der Waals surface area (Å²) in [6.07, 6.45) is 0.373. The summed E-state index contributed by atoms with van der Waals surface area (Å²) in [5.74, 6) is -0.249. The summed E-state index contributed by atoms with van der Waals surface area (Å²) in [5.41, 5.74) is 0.685.